The molecular weight excluding hydrogens is 219 g/mol. The molecule has 1 atom stereocenters. The summed E-state index contributed by atoms with van der Waals surface area (Å²) < 4.78 is 14.2. The minimum atomic E-state index is -0.939. The van der Waals surface area contributed by atoms with Gasteiger partial charge in [0.1, 0.15) is 6.17 Å². The summed E-state index contributed by atoms with van der Waals surface area (Å²) in [5.74, 6) is -0.756. The lowest BCUT2D eigenvalue weighted by Crippen LogP contribution is -2.06. The van der Waals surface area contributed by atoms with Crippen LogP contribution in [0.1, 0.15) is 43.0 Å². The van der Waals surface area contributed by atoms with Gasteiger partial charge in [0.15, 0.2) is 0 Å². The molecule has 1 aromatic carbocycles. The number of carboxylic acids is 1. The number of hydrogen-bond donors (Lipinski definition) is 1. The Bertz CT molecular complexity index is 397. The van der Waals surface area contributed by atoms with E-state index in [0.29, 0.717) is 11.1 Å². The largest absolute Gasteiger partial charge is 0.481 e. The average Bonchev–Trinajstić information content (AvgIpc) is 2.81. The van der Waals surface area contributed by atoms with Gasteiger partial charge in [0, 0.05) is 0 Å². The van der Waals surface area contributed by atoms with E-state index in [1.54, 1.807) is 24.3 Å². The fourth-order valence-electron chi connectivity index (χ4n) is 2.57. The van der Waals surface area contributed by atoms with E-state index in [4.69, 9.17) is 5.11 Å². The minimum absolute atomic E-state index is 0.0365. The molecule has 17 heavy (non-hydrogen) atoms. The van der Waals surface area contributed by atoms with E-state index in [0.717, 1.165) is 25.7 Å². The van der Waals surface area contributed by atoms with Gasteiger partial charge in [-0.15, -0.1) is 0 Å². The van der Waals surface area contributed by atoms with Crippen LogP contribution in [0.5, 0.6) is 0 Å². The molecule has 2 nitrogen and oxygen atoms in total. The van der Waals surface area contributed by atoms with Crippen LogP contribution in [0.3, 0.4) is 0 Å². The molecule has 1 fully saturated rings. The number of hydrogen-bond acceptors (Lipinski definition) is 1. The first-order valence-electron chi connectivity index (χ1n) is 6.11. The Hall–Kier alpha value is -1.38. The summed E-state index contributed by atoms with van der Waals surface area (Å²) in [6, 6.07) is 6.93. The maximum absolute atomic E-state index is 14.2. The number of halogens is 1. The molecule has 0 aliphatic heterocycles. The number of benzene rings is 1. The van der Waals surface area contributed by atoms with Crippen molar-refractivity contribution in [3.8, 4) is 0 Å². The molecule has 92 valence electrons. The van der Waals surface area contributed by atoms with Gasteiger partial charge in [-0.1, -0.05) is 37.1 Å². The fourth-order valence-corrected chi connectivity index (χ4v) is 2.57. The van der Waals surface area contributed by atoms with Crippen LogP contribution in [-0.4, -0.2) is 11.1 Å². The maximum atomic E-state index is 14.2. The van der Waals surface area contributed by atoms with Gasteiger partial charge in [-0.3, -0.25) is 4.79 Å². The monoisotopic (exact) mass is 236 g/mol. The third-order valence-corrected chi connectivity index (χ3v) is 3.44. The molecule has 3 heteroatoms. The molecule has 1 N–H and O–H groups in total. The van der Waals surface area contributed by atoms with Crippen molar-refractivity contribution in [3.63, 3.8) is 0 Å². The van der Waals surface area contributed by atoms with E-state index < -0.39 is 12.1 Å². The Morgan fingerprint density at radius 3 is 2.76 bits per heavy atom. The molecule has 1 aliphatic rings. The topological polar surface area (TPSA) is 37.3 Å². The van der Waals surface area contributed by atoms with E-state index in [9.17, 15) is 9.18 Å². The zero-order valence-electron chi connectivity index (χ0n) is 9.73. The summed E-state index contributed by atoms with van der Waals surface area (Å²) in [6.45, 7) is 0. The lowest BCUT2D eigenvalue weighted by Gasteiger charge is -2.16. The van der Waals surface area contributed by atoms with Crippen molar-refractivity contribution in [2.24, 2.45) is 5.92 Å². The summed E-state index contributed by atoms with van der Waals surface area (Å²) in [5, 5.41) is 8.71. The molecule has 1 saturated carbocycles. The first kappa shape index (κ1) is 12.1. The van der Waals surface area contributed by atoms with Crippen LogP contribution in [-0.2, 0) is 11.2 Å². The SMILES string of the molecule is O=C(O)Cc1cccc(C(F)C2CCCC2)c1. The smallest absolute Gasteiger partial charge is 0.307 e. The predicted octanol–water partition coefficient (Wildman–Crippen LogP) is 3.51. The third-order valence-electron chi connectivity index (χ3n) is 3.44. The Morgan fingerprint density at radius 1 is 1.41 bits per heavy atom. The molecule has 0 spiro atoms. The standard InChI is InChI=1S/C14H17FO2/c15-14(11-5-1-2-6-11)12-7-3-4-10(8-12)9-13(16)17/h3-4,7-8,11,14H,1-2,5-6,9H2,(H,16,17). The number of aliphatic carboxylic acids is 1. The Labute approximate surface area is 100 Å². The molecule has 0 radical (unpaired) electrons. The van der Waals surface area contributed by atoms with Crippen LogP contribution in [0.15, 0.2) is 24.3 Å². The van der Waals surface area contributed by atoms with Crippen LogP contribution in [0.4, 0.5) is 4.39 Å². The number of alkyl halides is 1. The normalized spacial score (nSPS) is 18.2. The first-order chi connectivity index (χ1) is 8.16. The lowest BCUT2D eigenvalue weighted by molar-refractivity contribution is -0.136. The van der Waals surface area contributed by atoms with Gasteiger partial charge in [-0.2, -0.15) is 0 Å². The van der Waals surface area contributed by atoms with Crippen LogP contribution < -0.4 is 0 Å². The average molecular weight is 236 g/mol. The highest BCUT2D eigenvalue weighted by Crippen LogP contribution is 2.38. The first-order valence-corrected chi connectivity index (χ1v) is 6.11. The van der Waals surface area contributed by atoms with Crippen LogP contribution in [0.25, 0.3) is 0 Å². The van der Waals surface area contributed by atoms with Crippen molar-refractivity contribution < 1.29 is 14.3 Å². The summed E-state index contributed by atoms with van der Waals surface area (Å²) >= 11 is 0. The van der Waals surface area contributed by atoms with Crippen molar-refractivity contribution in [3.05, 3.63) is 35.4 Å². The van der Waals surface area contributed by atoms with Crippen molar-refractivity contribution in [2.45, 2.75) is 38.3 Å². The second kappa shape index (κ2) is 5.30. The van der Waals surface area contributed by atoms with Crippen molar-refractivity contribution in [1.82, 2.24) is 0 Å². The van der Waals surface area contributed by atoms with Gasteiger partial charge >= 0.3 is 5.97 Å². The highest BCUT2D eigenvalue weighted by atomic mass is 19.1. The molecule has 1 aliphatic carbocycles. The molecule has 1 unspecified atom stereocenters. The fraction of sp³-hybridized carbons (Fsp3) is 0.500. The Morgan fingerprint density at radius 2 is 2.12 bits per heavy atom. The van der Waals surface area contributed by atoms with Crippen molar-refractivity contribution in [2.75, 3.05) is 0 Å². The zero-order chi connectivity index (χ0) is 12.3. The second-order valence-corrected chi connectivity index (χ2v) is 4.76. The molecule has 0 aromatic heterocycles. The Kier molecular flexibility index (Phi) is 3.77. The van der Waals surface area contributed by atoms with Crippen LogP contribution in [0, 0.1) is 5.92 Å². The molecule has 1 aromatic rings. The molecule has 2 rings (SSSR count). The van der Waals surface area contributed by atoms with Gasteiger partial charge < -0.3 is 5.11 Å². The van der Waals surface area contributed by atoms with E-state index in [-0.39, 0.29) is 12.3 Å². The number of carboxylic acid groups (broad SMARTS) is 1. The van der Waals surface area contributed by atoms with E-state index >= 15 is 0 Å². The van der Waals surface area contributed by atoms with E-state index in [2.05, 4.69) is 0 Å². The molecule has 0 heterocycles. The van der Waals surface area contributed by atoms with Gasteiger partial charge in [0.05, 0.1) is 6.42 Å². The van der Waals surface area contributed by atoms with Gasteiger partial charge in [-0.25, -0.2) is 4.39 Å². The van der Waals surface area contributed by atoms with Gasteiger partial charge in [-0.05, 0) is 29.9 Å². The van der Waals surface area contributed by atoms with Gasteiger partial charge in [0.25, 0.3) is 0 Å². The maximum Gasteiger partial charge on any atom is 0.307 e. The number of rotatable bonds is 4. The lowest BCUT2D eigenvalue weighted by atomic mass is 9.94. The zero-order valence-corrected chi connectivity index (χ0v) is 9.73. The second-order valence-electron chi connectivity index (χ2n) is 4.76. The van der Waals surface area contributed by atoms with Crippen molar-refractivity contribution >= 4 is 5.97 Å². The number of carbonyl (C=O) groups is 1. The van der Waals surface area contributed by atoms with Crippen LogP contribution >= 0.6 is 0 Å². The Balaban J connectivity index is 2.11. The molecule has 0 amide bonds. The summed E-state index contributed by atoms with van der Waals surface area (Å²) in [5.41, 5.74) is 1.31. The summed E-state index contributed by atoms with van der Waals surface area (Å²) in [4.78, 5) is 10.6. The third kappa shape index (κ3) is 3.05. The molecule has 0 saturated heterocycles. The highest BCUT2D eigenvalue weighted by molar-refractivity contribution is 5.70. The predicted molar refractivity (Wildman–Crippen MR) is 63.6 cm³/mol. The molecule has 0 bridgehead atoms. The summed E-state index contributed by atoms with van der Waals surface area (Å²) in [6.07, 6.45) is 3.14. The highest BCUT2D eigenvalue weighted by Gasteiger charge is 2.26. The molecular formula is C14H17FO2. The quantitative estimate of drug-likeness (QED) is 0.868. The minimum Gasteiger partial charge on any atom is -0.481 e. The summed E-state index contributed by atoms with van der Waals surface area (Å²) in [7, 11) is 0. The van der Waals surface area contributed by atoms with Crippen molar-refractivity contribution in [1.29, 1.82) is 0 Å². The van der Waals surface area contributed by atoms with Crippen LogP contribution in [0.2, 0.25) is 0 Å². The van der Waals surface area contributed by atoms with Gasteiger partial charge in [0.2, 0.25) is 0 Å². The van der Waals surface area contributed by atoms with E-state index in [1.807, 2.05) is 0 Å². The van der Waals surface area contributed by atoms with E-state index in [1.165, 1.54) is 0 Å².